The molecule has 0 saturated heterocycles. The van der Waals surface area contributed by atoms with Crippen LogP contribution >= 0.6 is 0 Å². The van der Waals surface area contributed by atoms with Gasteiger partial charge in [0.05, 0.1) is 6.10 Å². The summed E-state index contributed by atoms with van der Waals surface area (Å²) in [4.78, 5) is 16.6. The van der Waals surface area contributed by atoms with E-state index in [1.807, 2.05) is 30.7 Å². The van der Waals surface area contributed by atoms with Gasteiger partial charge in [0, 0.05) is 31.1 Å². The molecule has 2 aromatic heterocycles. The summed E-state index contributed by atoms with van der Waals surface area (Å²) >= 11 is 0. The third-order valence-corrected chi connectivity index (χ3v) is 4.70. The zero-order chi connectivity index (χ0) is 17.1. The molecule has 7 nitrogen and oxygen atoms in total. The Morgan fingerprint density at radius 2 is 2.25 bits per heavy atom. The molecule has 1 aliphatic rings. The molecule has 2 heterocycles. The minimum absolute atomic E-state index is 0.0185. The van der Waals surface area contributed by atoms with Crippen LogP contribution in [0.15, 0.2) is 24.5 Å². The molecule has 2 aromatic rings. The molecule has 3 atom stereocenters. The lowest BCUT2D eigenvalue weighted by Gasteiger charge is -2.15. The molecule has 0 aromatic carbocycles. The Balaban J connectivity index is 1.58. The Morgan fingerprint density at radius 3 is 2.96 bits per heavy atom. The maximum Gasteiger partial charge on any atom is 0.269 e. The van der Waals surface area contributed by atoms with Gasteiger partial charge in [-0.15, -0.1) is 10.2 Å². The molecular weight excluding hydrogens is 306 g/mol. The summed E-state index contributed by atoms with van der Waals surface area (Å²) in [6, 6.07) is 5.46. The van der Waals surface area contributed by atoms with Crippen LogP contribution in [0.5, 0.6) is 0 Å². The van der Waals surface area contributed by atoms with Crippen LogP contribution in [0.1, 0.15) is 47.7 Å². The van der Waals surface area contributed by atoms with E-state index in [1.54, 1.807) is 12.4 Å². The average Bonchev–Trinajstić information content (AvgIpc) is 3.18. The van der Waals surface area contributed by atoms with Crippen LogP contribution in [-0.4, -0.2) is 43.4 Å². The summed E-state index contributed by atoms with van der Waals surface area (Å²) in [5, 5.41) is 21.2. The quantitative estimate of drug-likeness (QED) is 0.855. The summed E-state index contributed by atoms with van der Waals surface area (Å²) in [5.41, 5.74) is 1.32. The van der Waals surface area contributed by atoms with E-state index in [0.717, 1.165) is 24.4 Å². The summed E-state index contributed by atoms with van der Waals surface area (Å²) in [6.07, 6.45) is 3.46. The smallest absolute Gasteiger partial charge is 0.269 e. The van der Waals surface area contributed by atoms with Crippen molar-refractivity contribution >= 4 is 5.91 Å². The van der Waals surface area contributed by atoms with Gasteiger partial charge < -0.3 is 15.0 Å². The number of aliphatic hydroxyl groups is 1. The highest BCUT2D eigenvalue weighted by molar-refractivity contribution is 5.92. The van der Waals surface area contributed by atoms with E-state index < -0.39 is 6.10 Å². The number of nitrogens with one attached hydrogen (secondary N) is 1. The van der Waals surface area contributed by atoms with E-state index >= 15 is 0 Å². The molecule has 24 heavy (non-hydrogen) atoms. The van der Waals surface area contributed by atoms with Crippen molar-refractivity contribution < 1.29 is 9.90 Å². The molecule has 0 unspecified atom stereocenters. The summed E-state index contributed by atoms with van der Waals surface area (Å²) in [5.74, 6) is 0.890. The standard InChI is InChI=1S/C17H23N5O2/c1-3-13-5-4-6-14(20-13)17(24)18-9-12-7-11(8-15(12)23)16-21-19-10-22(16)2/h4-6,10-12,15,23H,3,7-9H2,1-2H3,(H,18,24)/t11-,12+,15+/m0/s1. The fourth-order valence-electron chi connectivity index (χ4n) is 3.31. The Morgan fingerprint density at radius 1 is 1.42 bits per heavy atom. The van der Waals surface area contributed by atoms with Gasteiger partial charge in [-0.1, -0.05) is 13.0 Å². The molecule has 1 aliphatic carbocycles. The molecule has 0 bridgehead atoms. The SMILES string of the molecule is CCc1cccc(C(=O)NC[C@H]2C[C@H](c3nncn3C)C[C@H]2O)n1. The van der Waals surface area contributed by atoms with E-state index in [-0.39, 0.29) is 17.7 Å². The molecule has 1 amide bonds. The number of hydrogen-bond donors (Lipinski definition) is 2. The third-order valence-electron chi connectivity index (χ3n) is 4.70. The van der Waals surface area contributed by atoms with E-state index in [0.29, 0.717) is 18.7 Å². The number of amides is 1. The van der Waals surface area contributed by atoms with Gasteiger partial charge in [0.2, 0.25) is 0 Å². The van der Waals surface area contributed by atoms with Gasteiger partial charge >= 0.3 is 0 Å². The second-order valence-electron chi connectivity index (χ2n) is 6.37. The number of rotatable bonds is 5. The molecule has 1 saturated carbocycles. The van der Waals surface area contributed by atoms with Gasteiger partial charge in [0.25, 0.3) is 5.91 Å². The van der Waals surface area contributed by atoms with Crippen LogP contribution in [0.25, 0.3) is 0 Å². The Kier molecular flexibility index (Phi) is 4.89. The molecule has 1 fully saturated rings. The Bertz CT molecular complexity index is 715. The molecule has 0 spiro atoms. The van der Waals surface area contributed by atoms with Crippen LogP contribution in [0.4, 0.5) is 0 Å². The number of pyridine rings is 1. The van der Waals surface area contributed by atoms with Crippen molar-refractivity contribution in [2.75, 3.05) is 6.54 Å². The van der Waals surface area contributed by atoms with E-state index in [4.69, 9.17) is 0 Å². The normalized spacial score (nSPS) is 23.4. The number of carbonyl (C=O) groups is 1. The molecule has 128 valence electrons. The fourth-order valence-corrected chi connectivity index (χ4v) is 3.31. The van der Waals surface area contributed by atoms with Gasteiger partial charge in [-0.3, -0.25) is 4.79 Å². The lowest BCUT2D eigenvalue weighted by molar-refractivity contribution is 0.0911. The highest BCUT2D eigenvalue weighted by Crippen LogP contribution is 2.37. The lowest BCUT2D eigenvalue weighted by atomic mass is 10.0. The number of aromatic nitrogens is 4. The van der Waals surface area contributed by atoms with E-state index in [1.165, 1.54) is 0 Å². The maximum absolute atomic E-state index is 12.3. The molecule has 0 radical (unpaired) electrons. The molecular formula is C17H23N5O2. The minimum atomic E-state index is -0.443. The monoisotopic (exact) mass is 329 g/mol. The van der Waals surface area contributed by atoms with Gasteiger partial charge in [0.1, 0.15) is 17.8 Å². The first kappa shape index (κ1) is 16.6. The third kappa shape index (κ3) is 3.46. The van der Waals surface area contributed by atoms with Gasteiger partial charge in [0.15, 0.2) is 0 Å². The highest BCUT2D eigenvalue weighted by Gasteiger charge is 2.36. The van der Waals surface area contributed by atoms with Gasteiger partial charge in [-0.2, -0.15) is 0 Å². The summed E-state index contributed by atoms with van der Waals surface area (Å²) in [7, 11) is 1.91. The van der Waals surface area contributed by atoms with Crippen molar-refractivity contribution in [3.05, 3.63) is 41.7 Å². The van der Waals surface area contributed by atoms with Crippen molar-refractivity contribution in [2.24, 2.45) is 13.0 Å². The number of carbonyl (C=O) groups excluding carboxylic acids is 1. The first-order valence-electron chi connectivity index (χ1n) is 8.34. The van der Waals surface area contributed by atoms with Crippen LogP contribution in [-0.2, 0) is 13.5 Å². The lowest BCUT2D eigenvalue weighted by Crippen LogP contribution is -2.33. The number of nitrogens with zero attached hydrogens (tertiary/aromatic N) is 4. The van der Waals surface area contributed by atoms with Crippen molar-refractivity contribution in [3.63, 3.8) is 0 Å². The van der Waals surface area contributed by atoms with Crippen LogP contribution in [0.2, 0.25) is 0 Å². The van der Waals surface area contributed by atoms with Crippen molar-refractivity contribution in [2.45, 2.75) is 38.2 Å². The van der Waals surface area contributed by atoms with Crippen LogP contribution in [0.3, 0.4) is 0 Å². The second kappa shape index (κ2) is 7.09. The van der Waals surface area contributed by atoms with Crippen LogP contribution in [0, 0.1) is 5.92 Å². The van der Waals surface area contributed by atoms with E-state index in [9.17, 15) is 9.90 Å². The topological polar surface area (TPSA) is 92.9 Å². The first-order valence-corrected chi connectivity index (χ1v) is 8.34. The number of aryl methyl sites for hydroxylation is 2. The minimum Gasteiger partial charge on any atom is -0.393 e. The molecule has 0 aliphatic heterocycles. The number of hydrogen-bond acceptors (Lipinski definition) is 5. The van der Waals surface area contributed by atoms with Crippen molar-refractivity contribution in [1.29, 1.82) is 0 Å². The second-order valence-corrected chi connectivity index (χ2v) is 6.37. The first-order chi connectivity index (χ1) is 11.6. The predicted octanol–water partition coefficient (Wildman–Crippen LogP) is 1.06. The van der Waals surface area contributed by atoms with Gasteiger partial charge in [-0.25, -0.2) is 4.98 Å². The van der Waals surface area contributed by atoms with E-state index in [2.05, 4.69) is 20.5 Å². The van der Waals surface area contributed by atoms with Crippen molar-refractivity contribution in [1.82, 2.24) is 25.1 Å². The largest absolute Gasteiger partial charge is 0.393 e. The zero-order valence-corrected chi connectivity index (χ0v) is 14.0. The summed E-state index contributed by atoms with van der Waals surface area (Å²) < 4.78 is 1.89. The average molecular weight is 329 g/mol. The predicted molar refractivity (Wildman–Crippen MR) is 88.4 cm³/mol. The Labute approximate surface area is 141 Å². The highest BCUT2D eigenvalue weighted by atomic mass is 16.3. The Hall–Kier alpha value is -2.28. The summed E-state index contributed by atoms with van der Waals surface area (Å²) in [6.45, 7) is 2.44. The van der Waals surface area contributed by atoms with Crippen molar-refractivity contribution in [3.8, 4) is 0 Å². The molecule has 2 N–H and O–H groups in total. The maximum atomic E-state index is 12.3. The molecule has 7 heteroatoms. The van der Waals surface area contributed by atoms with Gasteiger partial charge in [-0.05, 0) is 31.4 Å². The molecule has 3 rings (SSSR count). The number of aliphatic hydroxyl groups excluding tert-OH is 1. The fraction of sp³-hybridized carbons (Fsp3) is 0.529. The zero-order valence-electron chi connectivity index (χ0n) is 14.0. The van der Waals surface area contributed by atoms with Crippen LogP contribution < -0.4 is 5.32 Å².